The molecule has 0 bridgehead atoms. The minimum atomic E-state index is -1.83. The Hall–Kier alpha value is -2.03. The number of aromatic amines is 1. The normalized spacial score (nSPS) is 27.1. The summed E-state index contributed by atoms with van der Waals surface area (Å²) < 4.78 is 6.55. The maximum Gasteiger partial charge on any atom is 0.331 e. The average molecular weight is 324 g/mol. The second-order valence-electron chi connectivity index (χ2n) is 5.62. The highest BCUT2D eigenvalue weighted by Crippen LogP contribution is 2.37. The lowest BCUT2D eigenvalue weighted by Crippen LogP contribution is -2.50. The van der Waals surface area contributed by atoms with Crippen molar-refractivity contribution in [1.29, 1.82) is 0 Å². The Morgan fingerprint density at radius 2 is 2.22 bits per heavy atom. The fraction of sp³-hybridized carbons (Fsp3) is 0.533. The van der Waals surface area contributed by atoms with E-state index in [1.54, 1.807) is 6.92 Å². The quantitative estimate of drug-likeness (QED) is 0.608. The topological polar surface area (TPSA) is 122 Å². The van der Waals surface area contributed by atoms with Crippen LogP contribution in [-0.4, -0.2) is 44.4 Å². The molecule has 126 valence electrons. The number of Topliss-reactive ketones (excluding diaryl/α,β-unsaturated/α-hetero) is 1. The van der Waals surface area contributed by atoms with E-state index in [1.807, 2.05) is 0 Å². The summed E-state index contributed by atoms with van der Waals surface area (Å²) in [6, 6.07) is 0. The van der Waals surface area contributed by atoms with E-state index in [2.05, 4.69) is 11.6 Å². The smallest absolute Gasteiger partial charge is 0.331 e. The van der Waals surface area contributed by atoms with Gasteiger partial charge in [0.1, 0.15) is 6.10 Å². The molecule has 2 heterocycles. The zero-order valence-corrected chi connectivity index (χ0v) is 13.0. The molecule has 0 spiro atoms. The Labute approximate surface area is 132 Å². The van der Waals surface area contributed by atoms with E-state index in [4.69, 9.17) is 4.74 Å². The fourth-order valence-corrected chi connectivity index (χ4v) is 2.63. The van der Waals surface area contributed by atoms with Crippen LogP contribution in [0.15, 0.2) is 27.9 Å². The van der Waals surface area contributed by atoms with Crippen LogP contribution in [0.2, 0.25) is 0 Å². The van der Waals surface area contributed by atoms with E-state index in [0.29, 0.717) is 6.42 Å². The molecule has 0 unspecified atom stereocenters. The van der Waals surface area contributed by atoms with Crippen molar-refractivity contribution in [3.05, 3.63) is 44.8 Å². The molecular weight excluding hydrogens is 304 g/mol. The fourth-order valence-electron chi connectivity index (χ4n) is 2.63. The van der Waals surface area contributed by atoms with Gasteiger partial charge >= 0.3 is 5.69 Å². The molecule has 0 amide bonds. The first-order chi connectivity index (χ1) is 10.8. The van der Waals surface area contributed by atoms with Gasteiger partial charge in [0.05, 0.1) is 12.7 Å². The first kappa shape index (κ1) is 17.3. The number of H-pyrrole nitrogens is 1. The van der Waals surface area contributed by atoms with Crippen molar-refractivity contribution in [3.63, 3.8) is 0 Å². The number of aliphatic hydroxyl groups is 2. The highest BCUT2D eigenvalue weighted by Gasteiger charge is 2.53. The molecule has 23 heavy (non-hydrogen) atoms. The Morgan fingerprint density at radius 1 is 1.57 bits per heavy atom. The van der Waals surface area contributed by atoms with Gasteiger partial charge in [0.25, 0.3) is 5.56 Å². The van der Waals surface area contributed by atoms with Gasteiger partial charge in [-0.25, -0.2) is 4.79 Å². The number of carbonyl (C=O) groups excluding carboxylic acids is 1. The van der Waals surface area contributed by atoms with E-state index in [0.717, 1.165) is 4.57 Å². The van der Waals surface area contributed by atoms with Crippen molar-refractivity contribution >= 4 is 5.78 Å². The first-order valence-corrected chi connectivity index (χ1v) is 7.29. The number of ether oxygens (including phenoxy) is 1. The lowest BCUT2D eigenvalue weighted by atomic mass is 9.95. The minimum Gasteiger partial charge on any atom is -0.394 e. The van der Waals surface area contributed by atoms with Gasteiger partial charge in [-0.2, -0.15) is 0 Å². The number of nitrogens with zero attached hydrogens (tertiary/aromatic N) is 1. The third-order valence-corrected chi connectivity index (χ3v) is 4.05. The van der Waals surface area contributed by atoms with Gasteiger partial charge in [-0.3, -0.25) is 19.1 Å². The van der Waals surface area contributed by atoms with Gasteiger partial charge in [0.2, 0.25) is 11.5 Å². The van der Waals surface area contributed by atoms with Crippen molar-refractivity contribution in [1.82, 2.24) is 9.55 Å². The summed E-state index contributed by atoms with van der Waals surface area (Å²) in [5.74, 6) is -0.566. The van der Waals surface area contributed by atoms with E-state index >= 15 is 0 Å². The largest absolute Gasteiger partial charge is 0.394 e. The molecule has 8 heteroatoms. The number of ketones is 1. The summed E-state index contributed by atoms with van der Waals surface area (Å²) in [5, 5.41) is 19.3. The Kier molecular flexibility index (Phi) is 4.69. The molecule has 2 rings (SSSR count). The lowest BCUT2D eigenvalue weighted by molar-refractivity contribution is -0.158. The number of nitrogens with one attached hydrogen (secondary N) is 1. The lowest BCUT2D eigenvalue weighted by Gasteiger charge is -2.30. The van der Waals surface area contributed by atoms with Crippen molar-refractivity contribution in [2.75, 3.05) is 6.61 Å². The summed E-state index contributed by atoms with van der Waals surface area (Å²) in [7, 11) is 0. The van der Waals surface area contributed by atoms with Crippen LogP contribution in [0.1, 0.15) is 25.3 Å². The molecule has 0 radical (unpaired) electrons. The maximum absolute atomic E-state index is 12.8. The van der Waals surface area contributed by atoms with Crippen molar-refractivity contribution in [2.24, 2.45) is 0 Å². The summed E-state index contributed by atoms with van der Waals surface area (Å²) in [5.41, 5.74) is -2.80. The number of aromatic nitrogens is 2. The molecule has 3 atom stereocenters. The molecule has 1 fully saturated rings. The first-order valence-electron chi connectivity index (χ1n) is 7.29. The molecule has 0 saturated carbocycles. The third kappa shape index (κ3) is 2.80. The van der Waals surface area contributed by atoms with E-state index in [-0.39, 0.29) is 17.6 Å². The Balaban J connectivity index is 2.67. The average Bonchev–Trinajstić information content (AvgIpc) is 2.87. The number of aryl methyl sites for hydroxylation is 1. The van der Waals surface area contributed by atoms with Crippen LogP contribution in [-0.2, 0) is 15.3 Å². The van der Waals surface area contributed by atoms with Crippen LogP contribution in [0.3, 0.4) is 0 Å². The van der Waals surface area contributed by atoms with Crippen LogP contribution in [0.5, 0.6) is 0 Å². The Bertz CT molecular complexity index is 749. The molecule has 1 aromatic rings. The second kappa shape index (κ2) is 6.23. The predicted octanol–water partition coefficient (Wildman–Crippen LogP) is -0.825. The zero-order chi connectivity index (χ0) is 17.4. The molecule has 0 aromatic carbocycles. The molecule has 3 N–H and O–H groups in total. The summed E-state index contributed by atoms with van der Waals surface area (Å²) in [4.78, 5) is 38.7. The number of aliphatic hydroxyl groups excluding tert-OH is 2. The standard InChI is InChI=1S/C15H20N2O6/c1-4-8(2)12(20)15(5-10(19)11(7-18)23-15)17-6-9(3)13(21)16-14(17)22/h6,10-11,18-19H,2,4-5,7H2,1,3H3,(H,16,21,22)/t10-,11+,15-/m0/s1. The molecule has 1 saturated heterocycles. The van der Waals surface area contributed by atoms with Crippen molar-refractivity contribution in [2.45, 2.75) is 44.6 Å². The highest BCUT2D eigenvalue weighted by atomic mass is 16.6. The molecule has 1 aromatic heterocycles. The van der Waals surface area contributed by atoms with E-state index < -0.39 is 41.6 Å². The predicted molar refractivity (Wildman–Crippen MR) is 81.1 cm³/mol. The monoisotopic (exact) mass is 324 g/mol. The molecule has 0 aliphatic carbocycles. The van der Waals surface area contributed by atoms with Crippen LogP contribution in [0, 0.1) is 6.92 Å². The van der Waals surface area contributed by atoms with Crippen LogP contribution < -0.4 is 11.2 Å². The summed E-state index contributed by atoms with van der Waals surface area (Å²) in [6.07, 6.45) is -0.813. The van der Waals surface area contributed by atoms with Crippen LogP contribution in [0.4, 0.5) is 0 Å². The van der Waals surface area contributed by atoms with Crippen LogP contribution >= 0.6 is 0 Å². The summed E-state index contributed by atoms with van der Waals surface area (Å²) >= 11 is 0. The SMILES string of the molecule is C=C(CC)C(=O)[C@]1(n2cc(C)c(=O)[nH]c2=O)C[C@H](O)[C@@H](CO)O1. The second-order valence-corrected chi connectivity index (χ2v) is 5.62. The summed E-state index contributed by atoms with van der Waals surface area (Å²) in [6.45, 7) is 6.37. The molecular formula is C15H20N2O6. The molecule has 8 nitrogen and oxygen atoms in total. The highest BCUT2D eigenvalue weighted by molar-refractivity contribution is 6.00. The van der Waals surface area contributed by atoms with E-state index in [9.17, 15) is 24.6 Å². The minimum absolute atomic E-state index is 0.212. The van der Waals surface area contributed by atoms with Gasteiger partial charge in [0.15, 0.2) is 0 Å². The molecule has 1 aliphatic heterocycles. The van der Waals surface area contributed by atoms with E-state index in [1.165, 1.54) is 13.1 Å². The third-order valence-electron chi connectivity index (χ3n) is 4.05. The van der Waals surface area contributed by atoms with Gasteiger partial charge in [0, 0.05) is 18.2 Å². The maximum atomic E-state index is 12.8. The van der Waals surface area contributed by atoms with Gasteiger partial charge in [-0.1, -0.05) is 13.5 Å². The Morgan fingerprint density at radius 3 is 2.74 bits per heavy atom. The van der Waals surface area contributed by atoms with Gasteiger partial charge in [-0.15, -0.1) is 0 Å². The number of carbonyl (C=O) groups is 1. The number of hydrogen-bond donors (Lipinski definition) is 3. The van der Waals surface area contributed by atoms with Crippen LogP contribution in [0.25, 0.3) is 0 Å². The van der Waals surface area contributed by atoms with Crippen molar-refractivity contribution < 1.29 is 19.7 Å². The molecule has 1 aliphatic rings. The number of rotatable bonds is 5. The number of hydrogen-bond acceptors (Lipinski definition) is 6. The van der Waals surface area contributed by atoms with Crippen molar-refractivity contribution in [3.8, 4) is 0 Å². The zero-order valence-electron chi connectivity index (χ0n) is 13.0. The van der Waals surface area contributed by atoms with Gasteiger partial charge < -0.3 is 14.9 Å². The van der Waals surface area contributed by atoms with Gasteiger partial charge in [-0.05, 0) is 18.9 Å².